The van der Waals surface area contributed by atoms with Crippen molar-refractivity contribution in [3.05, 3.63) is 57.5 Å². The van der Waals surface area contributed by atoms with Gasteiger partial charge in [0.1, 0.15) is 5.56 Å². The van der Waals surface area contributed by atoms with Crippen LogP contribution in [-0.2, 0) is 0 Å². The van der Waals surface area contributed by atoms with Crippen molar-refractivity contribution in [1.82, 2.24) is 4.98 Å². The number of carbonyl (C=O) groups is 1. The minimum absolute atomic E-state index is 0.00359. The van der Waals surface area contributed by atoms with E-state index in [1.54, 1.807) is 0 Å². The molecule has 1 amide bonds. The number of nitrogens with one attached hydrogen (secondary N) is 2. The van der Waals surface area contributed by atoms with Crippen LogP contribution in [0.5, 0.6) is 0 Å². The van der Waals surface area contributed by atoms with Crippen molar-refractivity contribution in [3.8, 4) is 0 Å². The van der Waals surface area contributed by atoms with Gasteiger partial charge in [-0.15, -0.1) is 0 Å². The van der Waals surface area contributed by atoms with Crippen molar-refractivity contribution in [1.29, 1.82) is 0 Å². The Morgan fingerprint density at radius 3 is 2.55 bits per heavy atom. The monoisotopic (exact) mass is 317 g/mol. The van der Waals surface area contributed by atoms with Crippen molar-refractivity contribution in [2.45, 2.75) is 12.8 Å². The molecule has 2 aromatic rings. The van der Waals surface area contributed by atoms with E-state index < -0.39 is 11.5 Å². The second-order valence-corrected chi connectivity index (χ2v) is 5.69. The lowest BCUT2D eigenvalue weighted by Gasteiger charge is -2.17. The van der Waals surface area contributed by atoms with Crippen molar-refractivity contribution in [3.63, 3.8) is 0 Å². The van der Waals surface area contributed by atoms with Gasteiger partial charge in [0, 0.05) is 30.7 Å². The van der Waals surface area contributed by atoms with E-state index in [1.165, 1.54) is 25.1 Å². The van der Waals surface area contributed by atoms with E-state index in [0.29, 0.717) is 10.7 Å². The summed E-state index contributed by atoms with van der Waals surface area (Å²) in [6.45, 7) is 2.15. The Bertz CT molecular complexity index is 734. The highest BCUT2D eigenvalue weighted by atomic mass is 35.5. The van der Waals surface area contributed by atoms with E-state index >= 15 is 0 Å². The third-order valence-corrected chi connectivity index (χ3v) is 3.93. The molecule has 6 heteroatoms. The summed E-state index contributed by atoms with van der Waals surface area (Å²) in [4.78, 5) is 28.5. The third-order valence-electron chi connectivity index (χ3n) is 3.71. The number of aromatic amines is 1. The number of H-pyrrole nitrogens is 1. The van der Waals surface area contributed by atoms with Gasteiger partial charge >= 0.3 is 0 Å². The molecular weight excluding hydrogens is 302 g/mol. The van der Waals surface area contributed by atoms with Crippen molar-refractivity contribution in [2.75, 3.05) is 23.3 Å². The van der Waals surface area contributed by atoms with E-state index in [9.17, 15) is 9.59 Å². The molecule has 22 heavy (non-hydrogen) atoms. The number of amides is 1. The fourth-order valence-corrected chi connectivity index (χ4v) is 2.72. The van der Waals surface area contributed by atoms with Crippen molar-refractivity contribution in [2.24, 2.45) is 0 Å². The van der Waals surface area contributed by atoms with Crippen LogP contribution in [-0.4, -0.2) is 24.0 Å². The predicted octanol–water partition coefficient (Wildman–Crippen LogP) is 2.88. The topological polar surface area (TPSA) is 65.2 Å². The highest BCUT2D eigenvalue weighted by Gasteiger charge is 2.14. The summed E-state index contributed by atoms with van der Waals surface area (Å²) in [5.74, 6) is -0.474. The van der Waals surface area contributed by atoms with Gasteiger partial charge in [-0.25, -0.2) is 0 Å². The number of pyridine rings is 1. The Morgan fingerprint density at radius 1 is 1.18 bits per heavy atom. The maximum Gasteiger partial charge on any atom is 0.261 e. The first kappa shape index (κ1) is 14.7. The summed E-state index contributed by atoms with van der Waals surface area (Å²) in [5.41, 5.74) is 1.33. The molecule has 2 heterocycles. The largest absolute Gasteiger partial charge is 0.372 e. The normalized spacial score (nSPS) is 14.1. The molecule has 114 valence electrons. The lowest BCUT2D eigenvalue weighted by Crippen LogP contribution is -2.22. The second kappa shape index (κ2) is 6.23. The Labute approximate surface area is 132 Å². The third kappa shape index (κ3) is 3.14. The summed E-state index contributed by atoms with van der Waals surface area (Å²) < 4.78 is 0. The first-order chi connectivity index (χ1) is 10.6. The molecule has 0 spiro atoms. The molecule has 1 aliphatic heterocycles. The van der Waals surface area contributed by atoms with E-state index in [1.807, 2.05) is 24.3 Å². The molecule has 1 aliphatic rings. The van der Waals surface area contributed by atoms with Gasteiger partial charge in [-0.1, -0.05) is 11.6 Å². The highest BCUT2D eigenvalue weighted by molar-refractivity contribution is 6.30. The first-order valence-electron chi connectivity index (χ1n) is 7.18. The van der Waals surface area contributed by atoms with Gasteiger partial charge in [-0.3, -0.25) is 9.59 Å². The van der Waals surface area contributed by atoms with E-state index in [-0.39, 0.29) is 5.56 Å². The van der Waals surface area contributed by atoms with Crippen LogP contribution in [0.3, 0.4) is 0 Å². The molecule has 3 rings (SSSR count). The number of hydrogen-bond acceptors (Lipinski definition) is 3. The number of rotatable bonds is 3. The molecule has 0 bridgehead atoms. The molecule has 1 saturated heterocycles. The zero-order valence-corrected chi connectivity index (χ0v) is 12.7. The van der Waals surface area contributed by atoms with Crippen LogP contribution in [0.1, 0.15) is 23.2 Å². The summed E-state index contributed by atoms with van der Waals surface area (Å²) in [7, 11) is 0. The summed E-state index contributed by atoms with van der Waals surface area (Å²) >= 11 is 5.80. The summed E-state index contributed by atoms with van der Waals surface area (Å²) in [6, 6.07) is 8.98. The molecule has 0 unspecified atom stereocenters. The van der Waals surface area contributed by atoms with Gasteiger partial charge in [-0.2, -0.15) is 0 Å². The van der Waals surface area contributed by atoms with Gasteiger partial charge < -0.3 is 15.2 Å². The second-order valence-electron chi connectivity index (χ2n) is 5.26. The van der Waals surface area contributed by atoms with E-state index in [2.05, 4.69) is 15.2 Å². The average Bonchev–Trinajstić information content (AvgIpc) is 3.05. The maximum atomic E-state index is 12.1. The number of aromatic nitrogens is 1. The molecule has 1 fully saturated rings. The fourth-order valence-electron chi connectivity index (χ4n) is 2.56. The molecule has 1 aromatic carbocycles. The highest BCUT2D eigenvalue weighted by Crippen LogP contribution is 2.22. The SMILES string of the molecule is O=C(Nc1ccc(N2CCCC2)cc1)c1cc(Cl)c[nH]c1=O. The van der Waals surface area contributed by atoms with Crippen LogP contribution in [0, 0.1) is 0 Å². The van der Waals surface area contributed by atoms with E-state index in [0.717, 1.165) is 18.8 Å². The summed E-state index contributed by atoms with van der Waals surface area (Å²) in [6.07, 6.45) is 3.79. The Morgan fingerprint density at radius 2 is 1.86 bits per heavy atom. The van der Waals surface area contributed by atoms with Crippen molar-refractivity contribution < 1.29 is 4.79 Å². The van der Waals surface area contributed by atoms with Crippen LogP contribution in [0.2, 0.25) is 5.02 Å². The minimum Gasteiger partial charge on any atom is -0.372 e. The lowest BCUT2D eigenvalue weighted by atomic mass is 10.2. The zero-order chi connectivity index (χ0) is 15.5. The number of anilines is 2. The van der Waals surface area contributed by atoms with E-state index in [4.69, 9.17) is 11.6 Å². The van der Waals surface area contributed by atoms with Crippen LogP contribution in [0.4, 0.5) is 11.4 Å². The van der Waals surface area contributed by atoms with Crippen LogP contribution < -0.4 is 15.8 Å². The zero-order valence-electron chi connectivity index (χ0n) is 11.9. The van der Waals surface area contributed by atoms with Crippen LogP contribution >= 0.6 is 11.6 Å². The first-order valence-corrected chi connectivity index (χ1v) is 7.56. The van der Waals surface area contributed by atoms with Crippen molar-refractivity contribution >= 4 is 28.9 Å². The van der Waals surface area contributed by atoms with Crippen LogP contribution in [0.15, 0.2) is 41.3 Å². The molecule has 5 nitrogen and oxygen atoms in total. The number of benzene rings is 1. The smallest absolute Gasteiger partial charge is 0.261 e. The molecule has 0 aliphatic carbocycles. The Hall–Kier alpha value is -2.27. The molecule has 1 aromatic heterocycles. The van der Waals surface area contributed by atoms with Gasteiger partial charge in [-0.05, 0) is 43.2 Å². The molecule has 0 saturated carbocycles. The van der Waals surface area contributed by atoms with Gasteiger partial charge in [0.05, 0.1) is 5.02 Å². The standard InChI is InChI=1S/C16H16ClN3O2/c17-11-9-14(15(21)18-10-11)16(22)19-12-3-5-13(6-4-12)20-7-1-2-8-20/h3-6,9-10H,1-2,7-8H2,(H,18,21)(H,19,22). The number of halogens is 1. The maximum absolute atomic E-state index is 12.1. The Kier molecular flexibility index (Phi) is 4.15. The van der Waals surface area contributed by atoms with Gasteiger partial charge in [0.15, 0.2) is 0 Å². The fraction of sp³-hybridized carbons (Fsp3) is 0.250. The minimum atomic E-state index is -0.474. The van der Waals surface area contributed by atoms with Crippen LogP contribution in [0.25, 0.3) is 0 Å². The summed E-state index contributed by atoms with van der Waals surface area (Å²) in [5, 5.41) is 3.02. The lowest BCUT2D eigenvalue weighted by molar-refractivity contribution is 0.102. The average molecular weight is 318 g/mol. The molecule has 2 N–H and O–H groups in total. The predicted molar refractivity (Wildman–Crippen MR) is 87.9 cm³/mol. The molecule has 0 atom stereocenters. The Balaban J connectivity index is 1.73. The molecular formula is C16H16ClN3O2. The number of carbonyl (C=O) groups excluding carboxylic acids is 1. The van der Waals surface area contributed by atoms with Gasteiger partial charge in [0.2, 0.25) is 0 Å². The van der Waals surface area contributed by atoms with Gasteiger partial charge in [0.25, 0.3) is 11.5 Å². The number of nitrogens with zero attached hydrogens (tertiary/aromatic N) is 1. The molecule has 0 radical (unpaired) electrons. The quantitative estimate of drug-likeness (QED) is 0.915. The number of hydrogen-bond donors (Lipinski definition) is 2.